The summed E-state index contributed by atoms with van der Waals surface area (Å²) < 4.78 is 0. The third-order valence-electron chi connectivity index (χ3n) is 2.66. The molecule has 3 N–H and O–H groups in total. The molecule has 1 heterocycles. The molecule has 0 unspecified atom stereocenters. The van der Waals surface area contributed by atoms with Crippen LogP contribution in [-0.4, -0.2) is 17.4 Å². The maximum absolute atomic E-state index is 12.0. The lowest BCUT2D eigenvalue weighted by atomic mass is 10.1. The second-order valence-corrected chi connectivity index (χ2v) is 5.30. The van der Waals surface area contributed by atoms with Crippen molar-refractivity contribution in [3.63, 3.8) is 0 Å². The van der Waals surface area contributed by atoms with Gasteiger partial charge in [0.05, 0.1) is 11.6 Å². The van der Waals surface area contributed by atoms with E-state index in [1.165, 1.54) is 11.3 Å². The van der Waals surface area contributed by atoms with Crippen LogP contribution in [0.1, 0.15) is 26.6 Å². The van der Waals surface area contributed by atoms with Gasteiger partial charge in [0.2, 0.25) is 0 Å². The van der Waals surface area contributed by atoms with E-state index in [9.17, 15) is 4.79 Å². The molecule has 0 bridgehead atoms. The van der Waals surface area contributed by atoms with Crippen LogP contribution in [0.25, 0.3) is 0 Å². The first kappa shape index (κ1) is 14.3. The molecule has 0 spiro atoms. The number of rotatable bonds is 2. The van der Waals surface area contributed by atoms with Crippen molar-refractivity contribution in [3.8, 4) is 11.8 Å². The summed E-state index contributed by atoms with van der Waals surface area (Å²) in [6.45, 7) is 4.15. The number of carbonyl (C=O) groups is 1. The number of hydrogen-bond donors (Lipinski definition) is 2. The molecule has 102 valence electrons. The van der Waals surface area contributed by atoms with Crippen LogP contribution in [0, 0.1) is 25.7 Å². The van der Waals surface area contributed by atoms with Gasteiger partial charge in [0.15, 0.2) is 0 Å². The maximum atomic E-state index is 12.0. The highest BCUT2D eigenvalue weighted by Crippen LogP contribution is 2.16. The average molecular weight is 285 g/mol. The van der Waals surface area contributed by atoms with Gasteiger partial charge in [-0.1, -0.05) is 11.8 Å². The van der Waals surface area contributed by atoms with Gasteiger partial charge in [-0.05, 0) is 37.6 Å². The number of hydrogen-bond acceptors (Lipinski definition) is 4. The molecule has 5 heteroatoms. The summed E-state index contributed by atoms with van der Waals surface area (Å²) in [5, 5.41) is 5.45. The van der Waals surface area contributed by atoms with E-state index in [-0.39, 0.29) is 5.91 Å². The minimum absolute atomic E-state index is 0.199. The molecule has 0 aliphatic rings. The Morgan fingerprint density at radius 1 is 1.45 bits per heavy atom. The van der Waals surface area contributed by atoms with E-state index in [1.807, 2.05) is 32.0 Å². The highest BCUT2D eigenvalue weighted by molar-refractivity contribution is 7.09. The van der Waals surface area contributed by atoms with Gasteiger partial charge < -0.3 is 11.1 Å². The molecule has 0 saturated carbocycles. The van der Waals surface area contributed by atoms with E-state index >= 15 is 0 Å². The van der Waals surface area contributed by atoms with E-state index in [4.69, 9.17) is 5.73 Å². The summed E-state index contributed by atoms with van der Waals surface area (Å²) in [6.07, 6.45) is 0. The number of amides is 1. The minimum atomic E-state index is -0.199. The topological polar surface area (TPSA) is 68.0 Å². The van der Waals surface area contributed by atoms with Gasteiger partial charge in [-0.2, -0.15) is 0 Å². The van der Waals surface area contributed by atoms with Crippen molar-refractivity contribution in [2.75, 3.05) is 11.9 Å². The Balaban J connectivity index is 2.14. The molecule has 0 atom stereocenters. The van der Waals surface area contributed by atoms with Crippen molar-refractivity contribution in [2.24, 2.45) is 5.73 Å². The summed E-state index contributed by atoms with van der Waals surface area (Å²) in [4.78, 5) is 16.1. The third kappa shape index (κ3) is 3.44. The van der Waals surface area contributed by atoms with Crippen LogP contribution in [-0.2, 0) is 0 Å². The van der Waals surface area contributed by atoms with Gasteiger partial charge in [0.1, 0.15) is 5.69 Å². The van der Waals surface area contributed by atoms with E-state index < -0.39 is 0 Å². The van der Waals surface area contributed by atoms with Crippen LogP contribution >= 0.6 is 11.3 Å². The first-order valence-corrected chi connectivity index (χ1v) is 7.01. The van der Waals surface area contributed by atoms with E-state index in [0.29, 0.717) is 12.2 Å². The number of anilines is 1. The summed E-state index contributed by atoms with van der Waals surface area (Å²) in [6, 6.07) is 5.59. The minimum Gasteiger partial charge on any atom is -0.321 e. The van der Waals surface area contributed by atoms with Crippen molar-refractivity contribution in [2.45, 2.75) is 13.8 Å². The second-order valence-electron chi connectivity index (χ2n) is 4.24. The third-order valence-corrected chi connectivity index (χ3v) is 3.43. The number of nitrogens with one attached hydrogen (secondary N) is 1. The second kappa shape index (κ2) is 6.33. The number of nitrogens with zero attached hydrogens (tertiary/aromatic N) is 1. The maximum Gasteiger partial charge on any atom is 0.275 e. The number of carbonyl (C=O) groups excluding carboxylic acids is 1. The van der Waals surface area contributed by atoms with E-state index in [2.05, 4.69) is 22.1 Å². The first-order valence-electron chi connectivity index (χ1n) is 6.13. The van der Waals surface area contributed by atoms with Crippen LogP contribution in [0.15, 0.2) is 23.6 Å². The fraction of sp³-hybridized carbons (Fsp3) is 0.200. The highest BCUT2D eigenvalue weighted by atomic mass is 32.1. The molecule has 2 aromatic rings. The molecule has 1 aromatic carbocycles. The van der Waals surface area contributed by atoms with Crippen molar-refractivity contribution >= 4 is 22.9 Å². The van der Waals surface area contributed by atoms with Gasteiger partial charge in [0, 0.05) is 16.6 Å². The van der Waals surface area contributed by atoms with Gasteiger partial charge in [-0.3, -0.25) is 4.79 Å². The van der Waals surface area contributed by atoms with Gasteiger partial charge in [-0.25, -0.2) is 4.98 Å². The average Bonchev–Trinajstić information content (AvgIpc) is 2.85. The predicted octanol–water partition coefficient (Wildman–Crippen LogP) is 2.32. The predicted molar refractivity (Wildman–Crippen MR) is 81.9 cm³/mol. The Morgan fingerprint density at radius 2 is 2.25 bits per heavy atom. The van der Waals surface area contributed by atoms with Gasteiger partial charge in [0.25, 0.3) is 5.91 Å². The smallest absolute Gasteiger partial charge is 0.275 e. The fourth-order valence-corrected chi connectivity index (χ4v) is 2.28. The SMILES string of the molecule is Cc1nc(C(=O)Nc2ccc(C#CCN)c(C)c2)cs1. The number of nitrogens with two attached hydrogens (primary N) is 1. The van der Waals surface area contributed by atoms with Gasteiger partial charge >= 0.3 is 0 Å². The molecule has 0 aliphatic heterocycles. The molecule has 4 nitrogen and oxygen atoms in total. The van der Waals surface area contributed by atoms with Crippen molar-refractivity contribution in [1.29, 1.82) is 0 Å². The van der Waals surface area contributed by atoms with E-state index in [0.717, 1.165) is 21.8 Å². The fourth-order valence-electron chi connectivity index (χ4n) is 1.69. The number of aromatic nitrogens is 1. The van der Waals surface area contributed by atoms with Crippen LogP contribution in [0.4, 0.5) is 5.69 Å². The number of thiazole rings is 1. The molecule has 20 heavy (non-hydrogen) atoms. The lowest BCUT2D eigenvalue weighted by Crippen LogP contribution is -2.12. The molecule has 1 amide bonds. The molecular formula is C15H15N3OS. The van der Waals surface area contributed by atoms with Crippen molar-refractivity contribution in [3.05, 3.63) is 45.4 Å². The number of benzene rings is 1. The Morgan fingerprint density at radius 3 is 2.85 bits per heavy atom. The standard InChI is InChI=1S/C15H15N3OS/c1-10-8-13(6-5-12(10)4-3-7-16)18-15(19)14-9-20-11(2)17-14/h5-6,8-9H,7,16H2,1-2H3,(H,18,19). The van der Waals surface area contributed by atoms with Crippen LogP contribution in [0.5, 0.6) is 0 Å². The molecule has 0 radical (unpaired) electrons. The summed E-state index contributed by atoms with van der Waals surface area (Å²) in [7, 11) is 0. The Bertz CT molecular complexity index is 695. The normalized spacial score (nSPS) is 9.75. The molecule has 0 aliphatic carbocycles. The summed E-state index contributed by atoms with van der Waals surface area (Å²) >= 11 is 1.46. The highest BCUT2D eigenvalue weighted by Gasteiger charge is 2.09. The molecule has 2 rings (SSSR count). The molecule has 1 aromatic heterocycles. The van der Waals surface area contributed by atoms with Crippen LogP contribution in [0.3, 0.4) is 0 Å². The summed E-state index contributed by atoms with van der Waals surface area (Å²) in [5.41, 5.74) is 8.44. The lowest BCUT2D eigenvalue weighted by Gasteiger charge is -2.05. The molecule has 0 fully saturated rings. The van der Waals surface area contributed by atoms with Crippen LogP contribution in [0.2, 0.25) is 0 Å². The van der Waals surface area contributed by atoms with Crippen LogP contribution < -0.4 is 11.1 Å². The molecular weight excluding hydrogens is 270 g/mol. The Labute approximate surface area is 122 Å². The van der Waals surface area contributed by atoms with E-state index in [1.54, 1.807) is 5.38 Å². The monoisotopic (exact) mass is 285 g/mol. The Hall–Kier alpha value is -2.16. The lowest BCUT2D eigenvalue weighted by molar-refractivity contribution is 0.102. The Kier molecular flexibility index (Phi) is 4.51. The van der Waals surface area contributed by atoms with Crippen molar-refractivity contribution < 1.29 is 4.79 Å². The van der Waals surface area contributed by atoms with Crippen molar-refractivity contribution in [1.82, 2.24) is 4.98 Å². The quantitative estimate of drug-likeness (QED) is 0.832. The zero-order valence-corrected chi connectivity index (χ0v) is 12.2. The first-order chi connectivity index (χ1) is 9.60. The molecule has 0 saturated heterocycles. The summed E-state index contributed by atoms with van der Waals surface area (Å²) in [5.74, 6) is 5.61. The zero-order valence-electron chi connectivity index (χ0n) is 11.4. The largest absolute Gasteiger partial charge is 0.321 e. The van der Waals surface area contributed by atoms with Gasteiger partial charge in [-0.15, -0.1) is 11.3 Å². The zero-order chi connectivity index (χ0) is 14.5. The number of aryl methyl sites for hydroxylation is 2.